The van der Waals surface area contributed by atoms with E-state index >= 15 is 4.79 Å². The fourth-order valence-corrected chi connectivity index (χ4v) is 11.3. The van der Waals surface area contributed by atoms with Crippen molar-refractivity contribution < 1.29 is 71.9 Å². The number of hydrogen-bond donors (Lipinski definition) is 11. The Hall–Kier alpha value is -7.42. The average molecular weight is 1310 g/mol. The first-order chi connectivity index (χ1) is 43.5. The van der Waals surface area contributed by atoms with Gasteiger partial charge < -0.3 is 73.0 Å². The van der Waals surface area contributed by atoms with Crippen LogP contribution >= 0.6 is 0 Å². The van der Waals surface area contributed by atoms with Crippen LogP contribution in [0.5, 0.6) is 0 Å². The van der Waals surface area contributed by atoms with Gasteiger partial charge in [0.05, 0.1) is 0 Å². The summed E-state index contributed by atoms with van der Waals surface area (Å²) in [5, 5.41) is 29.8. The Morgan fingerprint density at radius 3 is 1.68 bits per heavy atom. The van der Waals surface area contributed by atoms with Gasteiger partial charge >= 0.3 is 5.97 Å². The molecule has 15 unspecified atom stereocenters. The van der Waals surface area contributed by atoms with Crippen molar-refractivity contribution in [1.29, 1.82) is 0 Å². The molecule has 0 aromatic rings. The van der Waals surface area contributed by atoms with Gasteiger partial charge in [-0.15, -0.1) is 0 Å². The van der Waals surface area contributed by atoms with Gasteiger partial charge in [-0.05, 0) is 101 Å². The van der Waals surface area contributed by atoms with Gasteiger partial charge in [-0.3, -0.25) is 62.3 Å². The Morgan fingerprint density at radius 1 is 0.570 bits per heavy atom. The molecule has 0 spiro atoms. The van der Waals surface area contributed by atoms with Crippen molar-refractivity contribution in [2.45, 2.75) is 267 Å². The van der Waals surface area contributed by atoms with Crippen LogP contribution < -0.4 is 58.5 Å². The van der Waals surface area contributed by atoms with Crippen LogP contribution in [-0.4, -0.2) is 191 Å². The van der Waals surface area contributed by atoms with E-state index in [0.29, 0.717) is 38.6 Å². The zero-order valence-electron chi connectivity index (χ0n) is 58.3. The summed E-state index contributed by atoms with van der Waals surface area (Å²) in [4.78, 5) is 200. The molecule has 93 heavy (non-hydrogen) atoms. The lowest BCUT2D eigenvalue weighted by molar-refractivity contribution is -0.157. The third-order valence-corrected chi connectivity index (χ3v) is 17.6. The maximum Gasteiger partial charge on any atom is 0.329 e. The molecule has 3 rings (SSSR count). The van der Waals surface area contributed by atoms with Crippen molar-refractivity contribution in [3.63, 3.8) is 0 Å². The number of rotatable bonds is 22. The summed E-state index contributed by atoms with van der Waals surface area (Å²) >= 11 is 0. The molecule has 3 aliphatic rings. The molecule has 3 saturated heterocycles. The molecular formula is C65H111N13O15. The predicted octanol–water partition coefficient (Wildman–Crippen LogP) is 0.870. The number of cyclic esters (lactones) is 1. The topological polar surface area (TPSA) is 387 Å². The van der Waals surface area contributed by atoms with Crippen molar-refractivity contribution in [3.8, 4) is 0 Å². The van der Waals surface area contributed by atoms with Crippen molar-refractivity contribution >= 4 is 82.8 Å². The molecule has 0 aromatic heterocycles. The Balaban J connectivity index is 2.08. The Kier molecular flexibility index (Phi) is 32.2. The van der Waals surface area contributed by atoms with Gasteiger partial charge in [0.1, 0.15) is 78.6 Å². The largest absolute Gasteiger partial charge is 0.458 e. The van der Waals surface area contributed by atoms with E-state index in [1.54, 1.807) is 83.1 Å². The zero-order valence-corrected chi connectivity index (χ0v) is 58.3. The highest BCUT2D eigenvalue weighted by Crippen LogP contribution is 2.23. The number of amides is 13. The second-order valence-electron chi connectivity index (χ2n) is 27.2. The third kappa shape index (κ3) is 23.2. The molecule has 0 radical (unpaired) electrons. The second kappa shape index (κ2) is 37.5. The van der Waals surface area contributed by atoms with Gasteiger partial charge in [-0.1, -0.05) is 117 Å². The van der Waals surface area contributed by atoms with Gasteiger partial charge in [0.25, 0.3) is 0 Å². The SMILES string of the molecule is CCCC(=O)N1CCCC1C(=O)NC(C)C(=O)NC(C(=O)NC(CC(C)C)C(=O)NC(C(=O)NC1C(=O)NC(C(C)C)C(=O)NC(C(C)CC)C(=O)NC(C(C)C)C(=O)NC(C)C(=O)NCCC(=O)N2CCCC2C(=O)NC(C(C)C)C(=O)OC1C)C(C)CC)C(C)C. The summed E-state index contributed by atoms with van der Waals surface area (Å²) in [5.74, 6) is -13.8. The monoisotopic (exact) mass is 1310 g/mol. The molecule has 0 bridgehead atoms. The number of nitrogens with one attached hydrogen (secondary N) is 11. The highest BCUT2D eigenvalue weighted by molar-refractivity contribution is 6.00. The van der Waals surface area contributed by atoms with E-state index < -0.39 is 191 Å². The number of carbonyl (C=O) groups is 14. The Labute approximate surface area is 549 Å². The summed E-state index contributed by atoms with van der Waals surface area (Å²) in [5.41, 5.74) is 0. The summed E-state index contributed by atoms with van der Waals surface area (Å²) in [6.45, 7) is 30.3. The van der Waals surface area contributed by atoms with E-state index in [9.17, 15) is 62.3 Å². The second-order valence-corrected chi connectivity index (χ2v) is 27.2. The number of hydrogen-bond acceptors (Lipinski definition) is 15. The first kappa shape index (κ1) is 79.8. The third-order valence-electron chi connectivity index (χ3n) is 17.6. The number of nitrogens with zero attached hydrogens (tertiary/aromatic N) is 2. The summed E-state index contributed by atoms with van der Waals surface area (Å²) in [7, 11) is 0. The smallest absolute Gasteiger partial charge is 0.329 e. The highest BCUT2D eigenvalue weighted by Gasteiger charge is 2.43. The molecule has 15 atom stereocenters. The predicted molar refractivity (Wildman–Crippen MR) is 346 cm³/mol. The Morgan fingerprint density at radius 2 is 1.12 bits per heavy atom. The molecule has 28 heteroatoms. The molecule has 0 aliphatic carbocycles. The van der Waals surface area contributed by atoms with Gasteiger partial charge in [0, 0.05) is 32.5 Å². The lowest BCUT2D eigenvalue weighted by Crippen LogP contribution is -2.64. The van der Waals surface area contributed by atoms with Gasteiger partial charge in [-0.25, -0.2) is 4.79 Å². The fourth-order valence-electron chi connectivity index (χ4n) is 11.3. The number of esters is 1. The van der Waals surface area contributed by atoms with Crippen molar-refractivity contribution in [2.75, 3.05) is 19.6 Å². The van der Waals surface area contributed by atoms with Crippen molar-refractivity contribution in [3.05, 3.63) is 0 Å². The van der Waals surface area contributed by atoms with Gasteiger partial charge in [0.15, 0.2) is 0 Å². The molecule has 13 amide bonds. The standard InChI is InChI=1S/C65H111N13O15/c1-19-24-45(79)77-29-22-25-43(77)57(84)67-40(17)55(82)70-48(34(8)9)60(87)69-42(31-32(4)5)56(83)74-51(37(14)20-2)63(90)76-53-41(18)93-65(92)50(36(12)13)73-58(85)44-26-23-30-78(44)46(80)27-28-66-54(81)39(16)68-59(86)47(33(6)7)71-62(89)52(38(15)21-3)75-61(88)49(35(10)11)72-64(53)91/h32-44,47-53H,19-31H2,1-18H3,(H,66,81)(H,67,84)(H,68,86)(H,69,87)(H,70,82)(H,71,89)(H,72,91)(H,73,85)(H,74,83)(H,75,88)(H,76,90). The van der Waals surface area contributed by atoms with E-state index in [-0.39, 0.29) is 57.0 Å². The number of likely N-dealkylation sites (tertiary alicyclic amines) is 1. The van der Waals surface area contributed by atoms with Crippen LogP contribution in [0.3, 0.4) is 0 Å². The summed E-state index contributed by atoms with van der Waals surface area (Å²) in [6, 6.07) is -15.1. The van der Waals surface area contributed by atoms with Crippen LogP contribution in [0.4, 0.5) is 0 Å². The molecule has 3 heterocycles. The lowest BCUT2D eigenvalue weighted by Gasteiger charge is -2.33. The molecule has 11 N–H and O–H groups in total. The number of fused-ring (bicyclic) bond motifs is 1. The fraction of sp³-hybridized carbons (Fsp3) is 0.785. The quantitative estimate of drug-likeness (QED) is 0.0670. The van der Waals surface area contributed by atoms with E-state index in [1.807, 2.05) is 20.8 Å². The van der Waals surface area contributed by atoms with Crippen LogP contribution in [0.1, 0.15) is 189 Å². The number of carbonyl (C=O) groups excluding carboxylic acids is 14. The molecule has 526 valence electrons. The first-order valence-electron chi connectivity index (χ1n) is 33.6. The lowest BCUT2D eigenvalue weighted by atomic mass is 9.94. The van der Waals surface area contributed by atoms with E-state index in [4.69, 9.17) is 4.74 Å². The minimum Gasteiger partial charge on any atom is -0.458 e. The zero-order chi connectivity index (χ0) is 70.5. The van der Waals surface area contributed by atoms with Crippen molar-refractivity contribution in [2.24, 2.45) is 41.4 Å². The molecule has 0 saturated carbocycles. The van der Waals surface area contributed by atoms with E-state index in [1.165, 1.54) is 30.6 Å². The first-order valence-corrected chi connectivity index (χ1v) is 33.6. The van der Waals surface area contributed by atoms with Crippen LogP contribution in [0, 0.1) is 41.4 Å². The molecular weight excluding hydrogens is 1200 g/mol. The maximum atomic E-state index is 15.0. The molecule has 3 fully saturated rings. The summed E-state index contributed by atoms with van der Waals surface area (Å²) in [6.07, 6.45) is 1.54. The maximum absolute atomic E-state index is 15.0. The van der Waals surface area contributed by atoms with E-state index in [0.717, 1.165) is 0 Å². The number of ether oxygens (including phenoxy) is 1. The van der Waals surface area contributed by atoms with E-state index in [2.05, 4.69) is 58.5 Å². The summed E-state index contributed by atoms with van der Waals surface area (Å²) < 4.78 is 5.99. The Bertz CT molecular complexity index is 2650. The van der Waals surface area contributed by atoms with Crippen LogP contribution in [0.15, 0.2) is 0 Å². The highest BCUT2D eigenvalue weighted by atomic mass is 16.5. The van der Waals surface area contributed by atoms with Crippen molar-refractivity contribution in [1.82, 2.24) is 68.3 Å². The minimum absolute atomic E-state index is 0.0533. The molecule has 3 aliphatic heterocycles. The van der Waals surface area contributed by atoms with Crippen LogP contribution in [-0.2, 0) is 71.9 Å². The van der Waals surface area contributed by atoms with Gasteiger partial charge in [0.2, 0.25) is 76.8 Å². The van der Waals surface area contributed by atoms with Crippen LogP contribution in [0.2, 0.25) is 0 Å². The average Bonchev–Trinajstić information content (AvgIpc) is 2.05. The normalized spacial score (nSPS) is 25.6. The minimum atomic E-state index is -1.83. The van der Waals surface area contributed by atoms with Crippen LogP contribution in [0.25, 0.3) is 0 Å². The van der Waals surface area contributed by atoms with Gasteiger partial charge in [-0.2, -0.15) is 0 Å². The molecule has 28 nitrogen and oxygen atoms in total. The molecule has 0 aromatic carbocycles.